The largest absolute Gasteiger partial charge is 0.486 e. The summed E-state index contributed by atoms with van der Waals surface area (Å²) in [7, 11) is -4.69. The van der Waals surface area contributed by atoms with E-state index in [1.54, 1.807) is 4.72 Å². The van der Waals surface area contributed by atoms with Gasteiger partial charge in [0, 0.05) is 6.07 Å². The predicted octanol–water partition coefficient (Wildman–Crippen LogP) is 1.32. The fraction of sp³-hybridized carbons (Fsp3) is 0.222. The zero-order valence-electron chi connectivity index (χ0n) is 8.97. The van der Waals surface area contributed by atoms with Crippen LogP contribution >= 0.6 is 12.2 Å². The molecule has 1 aromatic rings. The first kappa shape index (κ1) is 14.6. The van der Waals surface area contributed by atoms with E-state index >= 15 is 0 Å². The molecular formula is C9H10F2N2O3S2. The first-order valence-corrected chi connectivity index (χ1v) is 6.57. The van der Waals surface area contributed by atoms with Gasteiger partial charge in [0.25, 0.3) is 10.0 Å². The van der Waals surface area contributed by atoms with Crippen molar-refractivity contribution in [2.75, 3.05) is 11.3 Å². The molecule has 0 aliphatic rings. The minimum absolute atomic E-state index is 0.0274. The Hall–Kier alpha value is -1.48. The first-order chi connectivity index (χ1) is 8.31. The minimum atomic E-state index is -4.69. The van der Waals surface area contributed by atoms with Gasteiger partial charge < -0.3 is 10.5 Å². The smallest absolute Gasteiger partial charge is 0.355 e. The molecule has 100 valence electrons. The second kappa shape index (κ2) is 5.91. The summed E-state index contributed by atoms with van der Waals surface area (Å²) in [4.78, 5) is 0.119. The summed E-state index contributed by atoms with van der Waals surface area (Å²) >= 11 is 4.59. The maximum atomic E-state index is 12.1. The molecule has 0 amide bonds. The molecule has 0 saturated carbocycles. The highest BCUT2D eigenvalue weighted by atomic mass is 32.2. The number of benzene rings is 1. The maximum Gasteiger partial charge on any atom is 0.355 e. The zero-order valence-corrected chi connectivity index (χ0v) is 10.6. The number of rotatable bonds is 6. The van der Waals surface area contributed by atoms with E-state index in [1.807, 2.05) is 0 Å². The molecule has 0 bridgehead atoms. The van der Waals surface area contributed by atoms with Crippen LogP contribution in [0, 0.1) is 0 Å². The third-order valence-corrected chi connectivity index (χ3v) is 2.82. The molecule has 0 aliphatic carbocycles. The van der Waals surface area contributed by atoms with Crippen LogP contribution in [0.4, 0.5) is 14.5 Å². The normalized spacial score (nSPS) is 11.3. The monoisotopic (exact) mass is 296 g/mol. The topological polar surface area (TPSA) is 81.4 Å². The second-order valence-corrected chi connectivity index (χ2v) is 5.37. The molecule has 0 fully saturated rings. The van der Waals surface area contributed by atoms with Gasteiger partial charge in [0.05, 0.1) is 5.69 Å². The Morgan fingerprint density at radius 1 is 1.50 bits per heavy atom. The SMILES string of the molecule is NC(=S)COc1cccc(NS(=O)(=O)C(F)F)c1. The van der Waals surface area contributed by atoms with Crippen LogP contribution in [-0.4, -0.2) is 25.8 Å². The molecule has 3 N–H and O–H groups in total. The molecule has 0 spiro atoms. The highest BCUT2D eigenvalue weighted by Gasteiger charge is 2.23. The number of sulfonamides is 1. The molecule has 0 heterocycles. The van der Waals surface area contributed by atoms with E-state index in [9.17, 15) is 17.2 Å². The van der Waals surface area contributed by atoms with E-state index in [0.29, 0.717) is 0 Å². The average Bonchev–Trinajstić information content (AvgIpc) is 2.26. The van der Waals surface area contributed by atoms with Crippen molar-refractivity contribution in [3.63, 3.8) is 0 Å². The van der Waals surface area contributed by atoms with Crippen molar-refractivity contribution in [1.29, 1.82) is 0 Å². The third-order valence-electron chi connectivity index (χ3n) is 1.71. The van der Waals surface area contributed by atoms with Crippen molar-refractivity contribution < 1.29 is 21.9 Å². The number of anilines is 1. The summed E-state index contributed by atoms with van der Waals surface area (Å²) < 4.78 is 53.0. The predicted molar refractivity (Wildman–Crippen MR) is 67.3 cm³/mol. The van der Waals surface area contributed by atoms with Crippen LogP contribution in [0.15, 0.2) is 24.3 Å². The zero-order chi connectivity index (χ0) is 13.8. The van der Waals surface area contributed by atoms with Crippen molar-refractivity contribution in [3.8, 4) is 5.75 Å². The Morgan fingerprint density at radius 3 is 2.72 bits per heavy atom. The number of ether oxygens (including phenoxy) is 1. The lowest BCUT2D eigenvalue weighted by molar-refractivity contribution is 0.236. The number of nitrogens with one attached hydrogen (secondary N) is 1. The van der Waals surface area contributed by atoms with Crippen LogP contribution in [0.3, 0.4) is 0 Å². The molecule has 0 saturated heterocycles. The number of halogens is 2. The van der Waals surface area contributed by atoms with Gasteiger partial charge in [-0.05, 0) is 12.1 Å². The number of thiocarbonyl (C=S) groups is 1. The molecule has 1 rings (SSSR count). The van der Waals surface area contributed by atoms with Gasteiger partial charge in [-0.2, -0.15) is 8.78 Å². The van der Waals surface area contributed by atoms with Gasteiger partial charge in [0.15, 0.2) is 0 Å². The number of alkyl halides is 2. The van der Waals surface area contributed by atoms with Gasteiger partial charge in [0.1, 0.15) is 17.3 Å². The van der Waals surface area contributed by atoms with Crippen molar-refractivity contribution in [3.05, 3.63) is 24.3 Å². The summed E-state index contributed by atoms with van der Waals surface area (Å²) in [5.74, 6) is -3.24. The third kappa shape index (κ3) is 4.41. The highest BCUT2D eigenvalue weighted by molar-refractivity contribution is 7.93. The minimum Gasteiger partial charge on any atom is -0.486 e. The summed E-state index contributed by atoms with van der Waals surface area (Å²) in [6.45, 7) is -0.0274. The lowest BCUT2D eigenvalue weighted by Crippen LogP contribution is -2.20. The first-order valence-electron chi connectivity index (χ1n) is 4.62. The Balaban J connectivity index is 2.80. The van der Waals surface area contributed by atoms with Crippen molar-refractivity contribution in [2.24, 2.45) is 5.73 Å². The van der Waals surface area contributed by atoms with Crippen molar-refractivity contribution in [1.82, 2.24) is 0 Å². The molecule has 18 heavy (non-hydrogen) atoms. The quantitative estimate of drug-likeness (QED) is 0.774. The second-order valence-electron chi connectivity index (χ2n) is 3.19. The molecular weight excluding hydrogens is 286 g/mol. The van der Waals surface area contributed by atoms with Crippen LogP contribution in [0.2, 0.25) is 0 Å². The van der Waals surface area contributed by atoms with Gasteiger partial charge in [-0.25, -0.2) is 8.42 Å². The molecule has 1 aromatic carbocycles. The highest BCUT2D eigenvalue weighted by Crippen LogP contribution is 2.19. The van der Waals surface area contributed by atoms with Crippen LogP contribution in [0.1, 0.15) is 0 Å². The van der Waals surface area contributed by atoms with E-state index in [1.165, 1.54) is 24.3 Å². The van der Waals surface area contributed by atoms with Gasteiger partial charge in [0.2, 0.25) is 0 Å². The lowest BCUT2D eigenvalue weighted by atomic mass is 10.3. The number of hydrogen-bond acceptors (Lipinski definition) is 4. The Morgan fingerprint density at radius 2 is 2.17 bits per heavy atom. The number of hydrogen-bond donors (Lipinski definition) is 2. The van der Waals surface area contributed by atoms with Crippen LogP contribution in [0.5, 0.6) is 5.75 Å². The molecule has 0 aliphatic heterocycles. The van der Waals surface area contributed by atoms with Gasteiger partial charge in [-0.15, -0.1) is 0 Å². The van der Waals surface area contributed by atoms with Crippen molar-refractivity contribution >= 4 is 32.9 Å². The number of nitrogens with two attached hydrogens (primary N) is 1. The molecule has 5 nitrogen and oxygen atoms in total. The Labute approximate surface area is 108 Å². The van der Waals surface area contributed by atoms with E-state index < -0.39 is 15.8 Å². The molecule has 0 aromatic heterocycles. The van der Waals surface area contributed by atoms with Crippen molar-refractivity contribution in [2.45, 2.75) is 5.76 Å². The lowest BCUT2D eigenvalue weighted by Gasteiger charge is -2.09. The van der Waals surface area contributed by atoms with Gasteiger partial charge in [-0.1, -0.05) is 18.3 Å². The average molecular weight is 296 g/mol. The van der Waals surface area contributed by atoms with E-state index in [2.05, 4.69) is 12.2 Å². The fourth-order valence-corrected chi connectivity index (χ4v) is 1.62. The van der Waals surface area contributed by atoms with E-state index in [4.69, 9.17) is 10.5 Å². The summed E-state index contributed by atoms with van der Waals surface area (Å²) in [6.07, 6.45) is 0. The molecule has 0 atom stereocenters. The standard InChI is InChI=1S/C9H10F2N2O3S2/c10-9(11)18(14,15)13-6-2-1-3-7(4-6)16-5-8(12)17/h1-4,9,13H,5H2,(H2,12,17). The van der Waals surface area contributed by atoms with E-state index in [-0.39, 0.29) is 23.0 Å². The van der Waals surface area contributed by atoms with Crippen LogP contribution < -0.4 is 15.2 Å². The molecule has 0 unspecified atom stereocenters. The molecule has 9 heteroatoms. The maximum absolute atomic E-state index is 12.1. The Bertz CT molecular complexity index is 534. The van der Waals surface area contributed by atoms with Crippen LogP contribution in [0.25, 0.3) is 0 Å². The summed E-state index contributed by atoms with van der Waals surface area (Å²) in [5.41, 5.74) is 5.18. The summed E-state index contributed by atoms with van der Waals surface area (Å²) in [5, 5.41) is 0. The fourth-order valence-electron chi connectivity index (χ4n) is 1.01. The summed E-state index contributed by atoms with van der Waals surface area (Å²) in [6, 6.07) is 5.52. The Kier molecular flexibility index (Phi) is 4.79. The van der Waals surface area contributed by atoms with Gasteiger partial charge >= 0.3 is 5.76 Å². The van der Waals surface area contributed by atoms with E-state index in [0.717, 1.165) is 0 Å². The van der Waals surface area contributed by atoms with Crippen LogP contribution in [-0.2, 0) is 10.0 Å². The molecule has 0 radical (unpaired) electrons. The van der Waals surface area contributed by atoms with Gasteiger partial charge in [-0.3, -0.25) is 4.72 Å².